The van der Waals surface area contributed by atoms with Crippen molar-refractivity contribution in [3.05, 3.63) is 63.4 Å². The first-order valence-electron chi connectivity index (χ1n) is 6.98. The summed E-state index contributed by atoms with van der Waals surface area (Å²) in [4.78, 5) is 3.98. The summed E-state index contributed by atoms with van der Waals surface area (Å²) < 4.78 is 52.8. The summed E-state index contributed by atoms with van der Waals surface area (Å²) in [6.45, 7) is 0. The van der Waals surface area contributed by atoms with Crippen LogP contribution in [0.3, 0.4) is 0 Å². The van der Waals surface area contributed by atoms with E-state index in [0.29, 0.717) is 4.70 Å². The summed E-state index contributed by atoms with van der Waals surface area (Å²) in [7, 11) is 0. The Hall–Kier alpha value is -2.63. The molecule has 1 N–H and O–H groups in total. The molecule has 0 bridgehead atoms. The summed E-state index contributed by atoms with van der Waals surface area (Å²) in [5, 5.41) is 19.5. The normalized spacial score (nSPS) is 12.8. The second-order valence-electron chi connectivity index (χ2n) is 5.13. The number of nitrogens with zero attached hydrogens (tertiary/aromatic N) is 2. The lowest BCUT2D eigenvalue weighted by atomic mass is 10.1. The van der Waals surface area contributed by atoms with Gasteiger partial charge in [0.15, 0.2) is 0 Å². The molecule has 132 valence electrons. The Morgan fingerprint density at radius 3 is 2.58 bits per heavy atom. The van der Waals surface area contributed by atoms with E-state index >= 15 is 0 Å². The number of hydrogen-bond donors (Lipinski definition) is 1. The molecule has 26 heavy (non-hydrogen) atoms. The van der Waals surface area contributed by atoms with Crippen molar-refractivity contribution in [2.24, 2.45) is 0 Å². The monoisotopic (exact) mass is 398 g/mol. The molecule has 0 saturated carbocycles. The molecule has 0 radical (unpaired) electrons. The molecule has 3 rings (SSSR count). The molecule has 0 fully saturated rings. The van der Waals surface area contributed by atoms with Crippen LogP contribution >= 0.6 is 22.9 Å². The SMILES string of the molecule is N#CC(=C(O)c1c(F)cccc1Cl)c1nc2cc(C(F)(F)F)ccc2s1. The van der Waals surface area contributed by atoms with Crippen molar-refractivity contribution in [1.29, 1.82) is 5.26 Å². The number of aromatic nitrogens is 1. The number of alkyl halides is 3. The standard InChI is InChI=1S/C17H7ClF4N2OS/c18-10-2-1-3-11(19)14(10)15(25)9(7-23)16-24-12-6-8(17(20,21)22)4-5-13(12)26-16/h1-6,25H. The first-order chi connectivity index (χ1) is 12.2. The van der Waals surface area contributed by atoms with Gasteiger partial charge in [-0.1, -0.05) is 17.7 Å². The Bertz CT molecular complexity index is 1060. The van der Waals surface area contributed by atoms with E-state index in [9.17, 15) is 27.9 Å². The molecule has 0 saturated heterocycles. The number of nitriles is 1. The molecule has 0 unspecified atom stereocenters. The highest BCUT2D eigenvalue weighted by molar-refractivity contribution is 7.19. The number of halogens is 5. The Morgan fingerprint density at radius 1 is 1.23 bits per heavy atom. The van der Waals surface area contributed by atoms with Crippen molar-refractivity contribution < 1.29 is 22.7 Å². The molecule has 0 spiro atoms. The summed E-state index contributed by atoms with van der Waals surface area (Å²) >= 11 is 6.78. The van der Waals surface area contributed by atoms with Crippen LogP contribution in [0.1, 0.15) is 16.1 Å². The van der Waals surface area contributed by atoms with Crippen LogP contribution in [-0.2, 0) is 6.18 Å². The van der Waals surface area contributed by atoms with Gasteiger partial charge in [-0.25, -0.2) is 9.37 Å². The van der Waals surface area contributed by atoms with Gasteiger partial charge in [-0.2, -0.15) is 18.4 Å². The predicted octanol–water partition coefficient (Wildman–Crippen LogP) is 6.06. The van der Waals surface area contributed by atoms with Gasteiger partial charge in [-0.3, -0.25) is 0 Å². The number of aliphatic hydroxyl groups excluding tert-OH is 1. The maximum atomic E-state index is 14.0. The zero-order valence-corrected chi connectivity index (χ0v) is 14.2. The summed E-state index contributed by atoms with van der Waals surface area (Å²) in [6, 6.07) is 8.39. The highest BCUT2D eigenvalue weighted by Gasteiger charge is 2.31. The lowest BCUT2D eigenvalue weighted by molar-refractivity contribution is -0.137. The van der Waals surface area contributed by atoms with Crippen molar-refractivity contribution in [1.82, 2.24) is 4.98 Å². The van der Waals surface area contributed by atoms with Crippen LogP contribution in [0.5, 0.6) is 0 Å². The van der Waals surface area contributed by atoms with E-state index in [0.717, 1.165) is 29.5 Å². The fourth-order valence-corrected chi connectivity index (χ4v) is 3.46. The maximum Gasteiger partial charge on any atom is 0.416 e. The first-order valence-corrected chi connectivity index (χ1v) is 8.17. The number of allylic oxidation sites excluding steroid dienone is 1. The molecule has 3 aromatic rings. The molecule has 0 aliphatic carbocycles. The topological polar surface area (TPSA) is 56.9 Å². The van der Waals surface area contributed by atoms with Crippen molar-refractivity contribution in [3.8, 4) is 6.07 Å². The fraction of sp³-hybridized carbons (Fsp3) is 0.0588. The van der Waals surface area contributed by atoms with Gasteiger partial charge < -0.3 is 5.11 Å². The maximum absolute atomic E-state index is 14.0. The van der Waals surface area contributed by atoms with Crippen molar-refractivity contribution in [2.45, 2.75) is 6.18 Å². The van der Waals surface area contributed by atoms with Crippen LogP contribution in [0.25, 0.3) is 21.5 Å². The molecule has 0 amide bonds. The smallest absolute Gasteiger partial charge is 0.416 e. The largest absolute Gasteiger partial charge is 0.506 e. The van der Waals surface area contributed by atoms with Gasteiger partial charge in [0.05, 0.1) is 26.4 Å². The Balaban J connectivity index is 2.18. The van der Waals surface area contributed by atoms with Crippen molar-refractivity contribution >= 4 is 44.5 Å². The molecule has 0 atom stereocenters. The van der Waals surface area contributed by atoms with E-state index in [1.54, 1.807) is 6.07 Å². The first kappa shape index (κ1) is 18.2. The molecule has 2 aromatic carbocycles. The third-order valence-corrected chi connectivity index (χ3v) is 4.85. The molecule has 0 aliphatic rings. The Morgan fingerprint density at radius 2 is 1.96 bits per heavy atom. The van der Waals surface area contributed by atoms with Gasteiger partial charge in [0.2, 0.25) is 0 Å². The predicted molar refractivity (Wildman–Crippen MR) is 91.1 cm³/mol. The number of rotatable bonds is 2. The van der Waals surface area contributed by atoms with E-state index in [1.165, 1.54) is 18.2 Å². The van der Waals surface area contributed by atoms with Crippen LogP contribution < -0.4 is 0 Å². The van der Waals surface area contributed by atoms with E-state index in [-0.39, 0.29) is 26.7 Å². The van der Waals surface area contributed by atoms with Crippen LogP contribution in [0.2, 0.25) is 5.02 Å². The Labute approximate surface area is 153 Å². The van der Waals surface area contributed by atoms with Crippen molar-refractivity contribution in [3.63, 3.8) is 0 Å². The number of aliphatic hydroxyl groups is 1. The quantitative estimate of drug-likeness (QED) is 0.324. The lowest BCUT2D eigenvalue weighted by Gasteiger charge is -2.06. The number of fused-ring (bicyclic) bond motifs is 1. The number of thiazole rings is 1. The molecular weight excluding hydrogens is 392 g/mol. The molecule has 3 nitrogen and oxygen atoms in total. The minimum Gasteiger partial charge on any atom is -0.506 e. The van der Waals surface area contributed by atoms with Crippen LogP contribution in [-0.4, -0.2) is 10.1 Å². The third kappa shape index (κ3) is 3.23. The second-order valence-corrected chi connectivity index (χ2v) is 6.57. The zero-order valence-electron chi connectivity index (χ0n) is 12.6. The van der Waals surface area contributed by atoms with E-state index in [2.05, 4.69) is 4.98 Å². The highest BCUT2D eigenvalue weighted by atomic mass is 35.5. The molecule has 1 aromatic heterocycles. The second kappa shape index (κ2) is 6.59. The number of benzene rings is 2. The lowest BCUT2D eigenvalue weighted by Crippen LogP contribution is -2.03. The van der Waals surface area contributed by atoms with E-state index in [1.807, 2.05) is 0 Å². The minimum absolute atomic E-state index is 0.0139. The summed E-state index contributed by atoms with van der Waals surface area (Å²) in [5.74, 6) is -1.58. The molecular formula is C17H7ClF4N2OS. The van der Waals surface area contributed by atoms with Gasteiger partial charge >= 0.3 is 6.18 Å². The fourth-order valence-electron chi connectivity index (χ4n) is 2.26. The molecule has 1 heterocycles. The minimum atomic E-state index is -4.53. The average Bonchev–Trinajstić information content (AvgIpc) is 2.97. The van der Waals surface area contributed by atoms with Gasteiger partial charge in [0.25, 0.3) is 0 Å². The highest BCUT2D eigenvalue weighted by Crippen LogP contribution is 2.36. The summed E-state index contributed by atoms with van der Waals surface area (Å²) in [5.41, 5.74) is -1.63. The van der Waals surface area contributed by atoms with Gasteiger partial charge in [0, 0.05) is 0 Å². The van der Waals surface area contributed by atoms with E-state index in [4.69, 9.17) is 11.6 Å². The van der Waals surface area contributed by atoms with Crippen LogP contribution in [0, 0.1) is 17.1 Å². The van der Waals surface area contributed by atoms with Gasteiger partial charge in [0.1, 0.15) is 28.2 Å². The third-order valence-electron chi connectivity index (χ3n) is 3.48. The molecule has 9 heteroatoms. The van der Waals surface area contributed by atoms with Crippen molar-refractivity contribution in [2.75, 3.05) is 0 Å². The zero-order chi connectivity index (χ0) is 19.1. The van der Waals surface area contributed by atoms with Gasteiger partial charge in [-0.05, 0) is 30.3 Å². The van der Waals surface area contributed by atoms with Gasteiger partial charge in [-0.15, -0.1) is 11.3 Å². The van der Waals surface area contributed by atoms with Crippen LogP contribution in [0.4, 0.5) is 17.6 Å². The number of hydrogen-bond acceptors (Lipinski definition) is 4. The average molecular weight is 399 g/mol. The molecule has 0 aliphatic heterocycles. The van der Waals surface area contributed by atoms with E-state index < -0.39 is 23.3 Å². The Kier molecular flexibility index (Phi) is 4.61. The van der Waals surface area contributed by atoms with Crippen LogP contribution in [0.15, 0.2) is 36.4 Å². The summed E-state index contributed by atoms with van der Waals surface area (Å²) in [6.07, 6.45) is -4.53.